The summed E-state index contributed by atoms with van der Waals surface area (Å²) in [6, 6.07) is 10.0. The molecule has 5 nitrogen and oxygen atoms in total. The smallest absolute Gasteiger partial charge is 0.471 e. The average molecular weight is 499 g/mol. The number of anilines is 1. The predicted molar refractivity (Wildman–Crippen MR) is 114 cm³/mol. The number of nitrogens with zero attached hydrogens (tertiary/aromatic N) is 1. The minimum Gasteiger partial charge on any atom is -0.493 e. The minimum absolute atomic E-state index is 0.182. The first-order valence-electron chi connectivity index (χ1n) is 9.66. The van der Waals surface area contributed by atoms with E-state index in [2.05, 4.69) is 21.2 Å². The Kier molecular flexibility index (Phi) is 6.36. The average Bonchev–Trinajstić information content (AvgIpc) is 2.67. The van der Waals surface area contributed by atoms with Crippen LogP contribution in [0.2, 0.25) is 0 Å². The Morgan fingerprint density at radius 2 is 1.87 bits per heavy atom. The molecule has 0 aromatic heterocycles. The van der Waals surface area contributed by atoms with Crippen molar-refractivity contribution in [1.29, 1.82) is 0 Å². The molecule has 31 heavy (non-hydrogen) atoms. The molecule has 0 radical (unpaired) electrons. The monoisotopic (exact) mass is 498 g/mol. The zero-order valence-electron chi connectivity index (χ0n) is 17.3. The number of halogens is 4. The summed E-state index contributed by atoms with van der Waals surface area (Å²) in [5.41, 5.74) is 1.27. The van der Waals surface area contributed by atoms with Crippen LogP contribution in [0.4, 0.5) is 18.9 Å². The highest BCUT2D eigenvalue weighted by atomic mass is 79.9. The second-order valence-electron chi connectivity index (χ2n) is 7.89. The number of fused-ring (bicyclic) bond motifs is 1. The fraction of sp³-hybridized carbons (Fsp3) is 0.364. The van der Waals surface area contributed by atoms with E-state index in [-0.39, 0.29) is 18.9 Å². The van der Waals surface area contributed by atoms with Crippen molar-refractivity contribution >= 4 is 33.4 Å². The van der Waals surface area contributed by atoms with Gasteiger partial charge in [-0.1, -0.05) is 6.07 Å². The number of hydrogen-bond acceptors (Lipinski definition) is 3. The third kappa shape index (κ3) is 5.03. The molecule has 2 aromatic rings. The van der Waals surface area contributed by atoms with Crippen molar-refractivity contribution in [3.05, 3.63) is 57.6 Å². The Hall–Kier alpha value is -2.55. The van der Waals surface area contributed by atoms with Crippen molar-refractivity contribution in [2.75, 3.05) is 11.9 Å². The Morgan fingerprint density at radius 3 is 2.48 bits per heavy atom. The normalized spacial score (nSPS) is 15.3. The van der Waals surface area contributed by atoms with E-state index < -0.39 is 17.6 Å². The number of carbonyl (C=O) groups is 2. The molecule has 1 N–H and O–H groups in total. The van der Waals surface area contributed by atoms with E-state index in [1.54, 1.807) is 50.2 Å². The van der Waals surface area contributed by atoms with Crippen LogP contribution in [0, 0.1) is 0 Å². The first kappa shape index (κ1) is 23.1. The number of amides is 2. The van der Waals surface area contributed by atoms with E-state index in [9.17, 15) is 22.8 Å². The summed E-state index contributed by atoms with van der Waals surface area (Å²) in [5.74, 6) is -1.62. The van der Waals surface area contributed by atoms with Gasteiger partial charge in [-0.05, 0) is 84.6 Å². The number of hydrogen-bond donors (Lipinski definition) is 1. The number of rotatable bonds is 4. The number of alkyl halides is 3. The van der Waals surface area contributed by atoms with Gasteiger partial charge in [0.2, 0.25) is 0 Å². The van der Waals surface area contributed by atoms with E-state index in [0.717, 1.165) is 10.5 Å². The number of ether oxygens (including phenoxy) is 1. The van der Waals surface area contributed by atoms with Gasteiger partial charge in [0.15, 0.2) is 0 Å². The summed E-state index contributed by atoms with van der Waals surface area (Å²) in [6.45, 7) is 5.38. The van der Waals surface area contributed by atoms with Gasteiger partial charge in [0.1, 0.15) is 5.75 Å². The molecule has 2 aromatic carbocycles. The molecule has 0 fully saturated rings. The van der Waals surface area contributed by atoms with Crippen molar-refractivity contribution in [1.82, 2.24) is 4.90 Å². The van der Waals surface area contributed by atoms with Gasteiger partial charge in [-0.3, -0.25) is 9.59 Å². The van der Waals surface area contributed by atoms with Crippen LogP contribution in [0.3, 0.4) is 0 Å². The maximum Gasteiger partial charge on any atom is 0.471 e. The van der Waals surface area contributed by atoms with Crippen LogP contribution in [-0.2, 0) is 17.8 Å². The first-order chi connectivity index (χ1) is 14.4. The molecule has 3 rings (SSSR count). The summed E-state index contributed by atoms with van der Waals surface area (Å²) in [5, 5.41) is 2.76. The molecular weight excluding hydrogens is 477 g/mol. The number of benzene rings is 2. The molecule has 2 amide bonds. The molecule has 1 aliphatic rings. The molecule has 0 unspecified atom stereocenters. The first-order valence-corrected chi connectivity index (χ1v) is 10.5. The van der Waals surface area contributed by atoms with Gasteiger partial charge in [-0.15, -0.1) is 0 Å². The van der Waals surface area contributed by atoms with Crippen molar-refractivity contribution in [2.24, 2.45) is 0 Å². The van der Waals surface area contributed by atoms with Gasteiger partial charge >= 0.3 is 12.1 Å². The van der Waals surface area contributed by atoms with Gasteiger partial charge in [0.05, 0.1) is 11.1 Å². The van der Waals surface area contributed by atoms with E-state index in [1.807, 2.05) is 6.92 Å². The molecule has 0 spiro atoms. The standard InChI is InChI=1S/C22H22BrF3N2O3/c1-4-31-18-8-6-13(10-17(18)23)19(29)27-16-7-5-14-11-21(2,3)28(12-15(14)9-16)20(30)22(24,25)26/h5-10H,4,11-12H2,1-3H3,(H,27,29). The molecule has 0 saturated carbocycles. The molecule has 0 atom stereocenters. The molecule has 1 heterocycles. The van der Waals surface area contributed by atoms with Crippen molar-refractivity contribution in [2.45, 2.75) is 45.5 Å². The SMILES string of the molecule is CCOc1ccc(C(=O)Nc2ccc3c(c2)CN(C(=O)C(F)(F)F)C(C)(C)C3)cc1Br. The molecule has 0 saturated heterocycles. The van der Waals surface area contributed by atoms with Crippen LogP contribution in [0.1, 0.15) is 42.3 Å². The third-order valence-corrected chi connectivity index (χ3v) is 5.75. The molecular formula is C22H22BrF3N2O3. The fourth-order valence-electron chi connectivity index (χ4n) is 3.59. The highest BCUT2D eigenvalue weighted by Crippen LogP contribution is 2.35. The van der Waals surface area contributed by atoms with Crippen LogP contribution in [-0.4, -0.2) is 35.0 Å². The van der Waals surface area contributed by atoms with Gasteiger partial charge < -0.3 is 15.0 Å². The Bertz CT molecular complexity index is 1020. The van der Waals surface area contributed by atoms with Crippen LogP contribution in [0.15, 0.2) is 40.9 Å². The lowest BCUT2D eigenvalue weighted by molar-refractivity contribution is -0.192. The third-order valence-electron chi connectivity index (χ3n) is 5.13. The predicted octanol–water partition coefficient (Wildman–Crippen LogP) is 5.33. The van der Waals surface area contributed by atoms with Crippen LogP contribution >= 0.6 is 15.9 Å². The molecule has 1 aliphatic heterocycles. The highest BCUT2D eigenvalue weighted by molar-refractivity contribution is 9.10. The van der Waals surface area contributed by atoms with Crippen molar-refractivity contribution in [3.63, 3.8) is 0 Å². The summed E-state index contributed by atoms with van der Waals surface area (Å²) in [4.78, 5) is 25.4. The molecule has 166 valence electrons. The Morgan fingerprint density at radius 1 is 1.16 bits per heavy atom. The lowest BCUT2D eigenvalue weighted by Crippen LogP contribution is -2.55. The van der Waals surface area contributed by atoms with E-state index in [1.165, 1.54) is 0 Å². The Balaban J connectivity index is 1.81. The van der Waals surface area contributed by atoms with Gasteiger partial charge in [0, 0.05) is 23.3 Å². The second-order valence-corrected chi connectivity index (χ2v) is 8.75. The van der Waals surface area contributed by atoms with Crippen molar-refractivity contribution < 1.29 is 27.5 Å². The lowest BCUT2D eigenvalue weighted by atomic mass is 9.85. The zero-order chi connectivity index (χ0) is 23.0. The largest absolute Gasteiger partial charge is 0.493 e. The number of nitrogens with one attached hydrogen (secondary N) is 1. The van der Waals surface area contributed by atoms with Gasteiger partial charge in [-0.2, -0.15) is 13.2 Å². The summed E-state index contributed by atoms with van der Waals surface area (Å²) in [6.07, 6.45) is -4.66. The van der Waals surface area contributed by atoms with Gasteiger partial charge in [-0.25, -0.2) is 0 Å². The van der Waals surface area contributed by atoms with Crippen LogP contribution in [0.5, 0.6) is 5.75 Å². The van der Waals surface area contributed by atoms with E-state index in [4.69, 9.17) is 4.74 Å². The second kappa shape index (κ2) is 8.53. The highest BCUT2D eigenvalue weighted by Gasteiger charge is 2.48. The van der Waals surface area contributed by atoms with E-state index >= 15 is 0 Å². The summed E-state index contributed by atoms with van der Waals surface area (Å²) >= 11 is 3.36. The lowest BCUT2D eigenvalue weighted by Gasteiger charge is -2.43. The van der Waals surface area contributed by atoms with Crippen molar-refractivity contribution in [3.8, 4) is 5.75 Å². The number of carbonyl (C=O) groups excluding carboxylic acids is 2. The minimum atomic E-state index is -4.94. The van der Waals surface area contributed by atoms with Gasteiger partial charge in [0.25, 0.3) is 5.91 Å². The maximum absolute atomic E-state index is 13.0. The molecule has 9 heteroatoms. The summed E-state index contributed by atoms with van der Waals surface area (Å²) in [7, 11) is 0. The maximum atomic E-state index is 13.0. The molecule has 0 bridgehead atoms. The molecule has 0 aliphatic carbocycles. The topological polar surface area (TPSA) is 58.6 Å². The zero-order valence-corrected chi connectivity index (χ0v) is 18.9. The van der Waals surface area contributed by atoms with E-state index in [0.29, 0.717) is 33.6 Å². The quantitative estimate of drug-likeness (QED) is 0.619. The van der Waals surface area contributed by atoms with Crippen LogP contribution < -0.4 is 10.1 Å². The summed E-state index contributed by atoms with van der Waals surface area (Å²) < 4.78 is 45.2. The van der Waals surface area contributed by atoms with Crippen LogP contribution in [0.25, 0.3) is 0 Å². The fourth-order valence-corrected chi connectivity index (χ4v) is 4.08. The Labute approximate surface area is 186 Å².